The van der Waals surface area contributed by atoms with Gasteiger partial charge in [-0.05, 0) is 74.7 Å². The number of imide groups is 2. The van der Waals surface area contributed by atoms with Gasteiger partial charge in [0.2, 0.25) is 0 Å². The molecule has 1 aliphatic heterocycles. The molecule has 4 amide bonds. The number of anilines is 1. The Morgan fingerprint density at radius 3 is 2.29 bits per heavy atom. The van der Waals surface area contributed by atoms with E-state index in [4.69, 9.17) is 4.74 Å². The highest BCUT2D eigenvalue weighted by molar-refractivity contribution is 9.11. The maximum Gasteiger partial charge on any atom is 0.343 e. The van der Waals surface area contributed by atoms with E-state index >= 15 is 0 Å². The van der Waals surface area contributed by atoms with Crippen molar-refractivity contribution in [2.75, 3.05) is 18.6 Å². The lowest BCUT2D eigenvalue weighted by Gasteiger charge is -2.26. The third kappa shape index (κ3) is 5.02. The molecule has 31 heavy (non-hydrogen) atoms. The maximum atomic E-state index is 13.0. The van der Waals surface area contributed by atoms with Crippen LogP contribution in [0.2, 0.25) is 0 Å². The summed E-state index contributed by atoms with van der Waals surface area (Å²) in [5, 5.41) is 2.18. The summed E-state index contributed by atoms with van der Waals surface area (Å²) in [5.74, 6) is -1.73. The first-order valence-electron chi connectivity index (χ1n) is 8.88. The fourth-order valence-corrected chi connectivity index (χ4v) is 4.19. The van der Waals surface area contributed by atoms with E-state index in [-0.39, 0.29) is 12.2 Å². The van der Waals surface area contributed by atoms with Crippen molar-refractivity contribution in [3.8, 4) is 5.75 Å². The zero-order valence-corrected chi connectivity index (χ0v) is 19.6. The number of methoxy groups -OCH3 is 1. The fourth-order valence-electron chi connectivity index (χ4n) is 2.74. The number of aryl methyl sites for hydroxylation is 1. The van der Waals surface area contributed by atoms with Crippen LogP contribution in [0.5, 0.6) is 5.75 Å². The Morgan fingerprint density at radius 1 is 1.10 bits per heavy atom. The minimum Gasteiger partial charge on any atom is -0.480 e. The topological polar surface area (TPSA) is 102 Å². The van der Waals surface area contributed by atoms with Crippen molar-refractivity contribution >= 4 is 67.4 Å². The van der Waals surface area contributed by atoms with E-state index in [1.54, 1.807) is 36.4 Å². The Kier molecular flexibility index (Phi) is 6.91. The number of urea groups is 1. The number of benzene rings is 2. The molecular formula is C21H16Br2N2O6. The van der Waals surface area contributed by atoms with Gasteiger partial charge in [0.1, 0.15) is 11.3 Å². The number of nitrogens with zero attached hydrogens (tertiary/aromatic N) is 1. The number of amides is 4. The van der Waals surface area contributed by atoms with E-state index in [1.807, 2.05) is 6.92 Å². The summed E-state index contributed by atoms with van der Waals surface area (Å²) >= 11 is 6.69. The van der Waals surface area contributed by atoms with Gasteiger partial charge in [0.15, 0.2) is 6.61 Å². The number of carbonyl (C=O) groups is 4. The number of hydrogen-bond donors (Lipinski definition) is 1. The molecule has 1 saturated heterocycles. The normalized spacial score (nSPS) is 15.2. The molecule has 3 rings (SSSR count). The predicted molar refractivity (Wildman–Crippen MR) is 120 cm³/mol. The summed E-state index contributed by atoms with van der Waals surface area (Å²) in [4.78, 5) is 49.8. The maximum absolute atomic E-state index is 13.0. The standard InChI is InChI=1S/C21H16Br2N2O6/c1-11-3-5-13(6-4-11)25-20(28)14(19(27)24-21(25)29)7-12-8-15(22)18(16(23)9-12)31-10-17(26)30-2/h3-9H,10H2,1-2H3,(H,24,27,29)/b14-7+. The number of barbiturate groups is 1. The van der Waals surface area contributed by atoms with Gasteiger partial charge < -0.3 is 9.47 Å². The van der Waals surface area contributed by atoms with Crippen LogP contribution < -0.4 is 15.0 Å². The second-order valence-electron chi connectivity index (χ2n) is 6.47. The van der Waals surface area contributed by atoms with Gasteiger partial charge in [0.25, 0.3) is 11.8 Å². The Bertz CT molecular complexity index is 1090. The molecule has 0 saturated carbocycles. The van der Waals surface area contributed by atoms with Gasteiger partial charge in [-0.2, -0.15) is 0 Å². The van der Waals surface area contributed by atoms with E-state index in [2.05, 4.69) is 41.9 Å². The van der Waals surface area contributed by atoms with Gasteiger partial charge in [-0.1, -0.05) is 17.7 Å². The Labute approximate surface area is 194 Å². The molecule has 160 valence electrons. The largest absolute Gasteiger partial charge is 0.480 e. The van der Waals surface area contributed by atoms with Crippen molar-refractivity contribution in [2.24, 2.45) is 0 Å². The van der Waals surface area contributed by atoms with Gasteiger partial charge in [-0.15, -0.1) is 0 Å². The van der Waals surface area contributed by atoms with Crippen LogP contribution >= 0.6 is 31.9 Å². The lowest BCUT2D eigenvalue weighted by molar-refractivity contribution is -0.143. The summed E-state index contributed by atoms with van der Waals surface area (Å²) in [6.45, 7) is 1.59. The highest BCUT2D eigenvalue weighted by Gasteiger charge is 2.36. The molecule has 0 atom stereocenters. The molecule has 0 radical (unpaired) electrons. The van der Waals surface area contributed by atoms with Gasteiger partial charge >= 0.3 is 12.0 Å². The van der Waals surface area contributed by atoms with Crippen LogP contribution in [0, 0.1) is 6.92 Å². The van der Waals surface area contributed by atoms with Gasteiger partial charge in [-0.3, -0.25) is 14.9 Å². The summed E-state index contributed by atoms with van der Waals surface area (Å²) in [6, 6.07) is 9.18. The number of halogens is 2. The van der Waals surface area contributed by atoms with Crippen molar-refractivity contribution in [3.05, 3.63) is 62.0 Å². The van der Waals surface area contributed by atoms with E-state index in [0.29, 0.717) is 25.9 Å². The van der Waals surface area contributed by atoms with Crippen LogP contribution in [0.1, 0.15) is 11.1 Å². The third-order valence-corrected chi connectivity index (χ3v) is 5.47. The molecule has 1 N–H and O–H groups in total. The van der Waals surface area contributed by atoms with E-state index in [1.165, 1.54) is 13.2 Å². The molecule has 0 aliphatic carbocycles. The first kappa shape index (κ1) is 22.7. The molecule has 0 unspecified atom stereocenters. The van der Waals surface area contributed by atoms with Crippen LogP contribution in [-0.2, 0) is 19.1 Å². The Hall–Kier alpha value is -2.98. The molecule has 0 bridgehead atoms. The molecule has 0 spiro atoms. The van der Waals surface area contributed by atoms with Crippen LogP contribution in [0.3, 0.4) is 0 Å². The lowest BCUT2D eigenvalue weighted by atomic mass is 10.1. The molecule has 8 nitrogen and oxygen atoms in total. The van der Waals surface area contributed by atoms with Gasteiger partial charge in [-0.25, -0.2) is 14.5 Å². The first-order valence-corrected chi connectivity index (χ1v) is 10.5. The van der Waals surface area contributed by atoms with Gasteiger partial charge in [0.05, 0.1) is 21.7 Å². The molecule has 2 aromatic rings. The van der Waals surface area contributed by atoms with Crippen LogP contribution in [0.15, 0.2) is 50.9 Å². The predicted octanol–water partition coefficient (Wildman–Crippen LogP) is 3.74. The second-order valence-corrected chi connectivity index (χ2v) is 8.18. The smallest absolute Gasteiger partial charge is 0.343 e. The summed E-state index contributed by atoms with van der Waals surface area (Å²) < 4.78 is 10.9. The third-order valence-electron chi connectivity index (χ3n) is 4.29. The number of carbonyl (C=O) groups excluding carboxylic acids is 4. The molecule has 1 heterocycles. The van der Waals surface area contributed by atoms with Crippen LogP contribution in [-0.4, -0.2) is 37.5 Å². The number of ether oxygens (including phenoxy) is 2. The zero-order valence-electron chi connectivity index (χ0n) is 16.4. The van der Waals surface area contributed by atoms with E-state index in [0.717, 1.165) is 10.5 Å². The van der Waals surface area contributed by atoms with E-state index in [9.17, 15) is 19.2 Å². The molecular weight excluding hydrogens is 536 g/mol. The average molecular weight is 552 g/mol. The minimum absolute atomic E-state index is 0.206. The van der Waals surface area contributed by atoms with Crippen molar-refractivity contribution in [2.45, 2.75) is 6.92 Å². The minimum atomic E-state index is -0.815. The molecule has 0 aromatic heterocycles. The highest BCUT2D eigenvalue weighted by atomic mass is 79.9. The molecule has 2 aromatic carbocycles. The molecule has 10 heteroatoms. The van der Waals surface area contributed by atoms with E-state index < -0.39 is 23.8 Å². The zero-order chi connectivity index (χ0) is 22.7. The van der Waals surface area contributed by atoms with Crippen LogP contribution in [0.25, 0.3) is 6.08 Å². The fraction of sp³-hybridized carbons (Fsp3) is 0.143. The number of hydrogen-bond acceptors (Lipinski definition) is 6. The number of nitrogens with one attached hydrogen (secondary N) is 1. The summed E-state index contributed by atoms with van der Waals surface area (Å²) in [5.41, 5.74) is 1.59. The van der Waals surface area contributed by atoms with Crippen molar-refractivity contribution in [1.29, 1.82) is 0 Å². The Morgan fingerprint density at radius 2 is 1.71 bits per heavy atom. The second kappa shape index (κ2) is 9.44. The number of rotatable bonds is 5. The monoisotopic (exact) mass is 550 g/mol. The van der Waals surface area contributed by atoms with Crippen molar-refractivity contribution in [3.63, 3.8) is 0 Å². The summed E-state index contributed by atoms with van der Waals surface area (Å²) in [7, 11) is 1.25. The van der Waals surface area contributed by atoms with Gasteiger partial charge in [0, 0.05) is 0 Å². The number of esters is 1. The Balaban J connectivity index is 1.93. The highest BCUT2D eigenvalue weighted by Crippen LogP contribution is 2.35. The molecule has 1 aliphatic rings. The van der Waals surface area contributed by atoms with Crippen molar-refractivity contribution < 1.29 is 28.7 Å². The van der Waals surface area contributed by atoms with Crippen molar-refractivity contribution in [1.82, 2.24) is 5.32 Å². The summed E-state index contributed by atoms with van der Waals surface area (Å²) in [6.07, 6.45) is 1.37. The van der Waals surface area contributed by atoms with Crippen LogP contribution in [0.4, 0.5) is 10.5 Å². The average Bonchev–Trinajstić information content (AvgIpc) is 2.71. The lowest BCUT2D eigenvalue weighted by Crippen LogP contribution is -2.54. The first-order chi connectivity index (χ1) is 14.7. The molecule has 1 fully saturated rings. The SMILES string of the molecule is COC(=O)COc1c(Br)cc(/C=C2\C(=O)NC(=O)N(c3ccc(C)cc3)C2=O)cc1Br. The quantitative estimate of drug-likeness (QED) is 0.345.